The van der Waals surface area contributed by atoms with E-state index in [-0.39, 0.29) is 5.92 Å². The molecule has 0 aromatic heterocycles. The number of carbonyl (C=O) groups excluding carboxylic acids is 1. The molecule has 0 bridgehead atoms. The van der Waals surface area contributed by atoms with Gasteiger partial charge in [-0.2, -0.15) is 0 Å². The largest absolute Gasteiger partial charge is 0.299 e. The Bertz CT molecular complexity index is 373. The van der Waals surface area contributed by atoms with E-state index >= 15 is 0 Å². The van der Waals surface area contributed by atoms with Crippen LogP contribution in [0.5, 0.6) is 0 Å². The van der Waals surface area contributed by atoms with E-state index in [1.807, 2.05) is 6.07 Å². The highest BCUT2D eigenvalue weighted by molar-refractivity contribution is 9.10. The third-order valence-corrected chi connectivity index (χ3v) is 3.86. The summed E-state index contributed by atoms with van der Waals surface area (Å²) in [5.74, 6) is 1.24. The van der Waals surface area contributed by atoms with Gasteiger partial charge in [0.15, 0.2) is 0 Å². The molecule has 1 saturated carbocycles. The molecule has 2 unspecified atom stereocenters. The van der Waals surface area contributed by atoms with Crippen molar-refractivity contribution < 1.29 is 4.79 Å². The molecule has 2 rings (SSSR count). The maximum atomic E-state index is 11.4. The number of hydrogen-bond donors (Lipinski definition) is 0. The minimum absolute atomic E-state index is 0.254. The van der Waals surface area contributed by atoms with Crippen molar-refractivity contribution in [2.45, 2.75) is 26.2 Å². The quantitative estimate of drug-likeness (QED) is 0.800. The van der Waals surface area contributed by atoms with Crippen LogP contribution in [-0.2, 0) is 11.2 Å². The summed E-state index contributed by atoms with van der Waals surface area (Å²) in [6.45, 7) is 2.07. The molecule has 2 heteroatoms. The first kappa shape index (κ1) is 10.9. The Balaban J connectivity index is 2.06. The molecular formula is C13H15BrO. The molecule has 0 aliphatic heterocycles. The molecule has 0 N–H and O–H groups in total. The normalized spacial score (nSPS) is 25.9. The van der Waals surface area contributed by atoms with Crippen LogP contribution < -0.4 is 0 Å². The zero-order valence-corrected chi connectivity index (χ0v) is 10.5. The predicted octanol–water partition coefficient (Wildman–Crippen LogP) is 3.61. The molecule has 2 atom stereocenters. The fourth-order valence-corrected chi connectivity index (χ4v) is 2.76. The standard InChI is InChI=1S/C13H15BrO/c1-9-11(5-6-13(9)15)7-10-3-2-4-12(14)8-10/h2-4,8-9,11H,5-7H2,1H3. The van der Waals surface area contributed by atoms with Gasteiger partial charge in [-0.05, 0) is 36.5 Å². The maximum Gasteiger partial charge on any atom is 0.135 e. The summed E-state index contributed by atoms with van der Waals surface area (Å²) in [7, 11) is 0. The van der Waals surface area contributed by atoms with Crippen molar-refractivity contribution in [3.05, 3.63) is 34.3 Å². The lowest BCUT2D eigenvalue weighted by molar-refractivity contribution is -0.120. The average Bonchev–Trinajstić information content (AvgIpc) is 2.50. The number of rotatable bonds is 2. The second-order valence-electron chi connectivity index (χ2n) is 4.39. The molecule has 15 heavy (non-hydrogen) atoms. The van der Waals surface area contributed by atoms with Crippen molar-refractivity contribution in [2.75, 3.05) is 0 Å². The zero-order chi connectivity index (χ0) is 10.8. The van der Waals surface area contributed by atoms with Crippen molar-refractivity contribution in [3.8, 4) is 0 Å². The minimum Gasteiger partial charge on any atom is -0.299 e. The summed E-state index contributed by atoms with van der Waals surface area (Å²) < 4.78 is 1.12. The Hall–Kier alpha value is -0.630. The van der Waals surface area contributed by atoms with Gasteiger partial charge >= 0.3 is 0 Å². The van der Waals surface area contributed by atoms with Crippen molar-refractivity contribution in [1.29, 1.82) is 0 Å². The zero-order valence-electron chi connectivity index (χ0n) is 8.87. The smallest absolute Gasteiger partial charge is 0.135 e. The SMILES string of the molecule is CC1C(=O)CCC1Cc1cccc(Br)c1. The highest BCUT2D eigenvalue weighted by Crippen LogP contribution is 2.31. The number of ketones is 1. The molecule has 0 saturated heterocycles. The summed E-state index contributed by atoms with van der Waals surface area (Å²) in [6.07, 6.45) is 2.87. The molecule has 0 heterocycles. The van der Waals surface area contributed by atoms with Gasteiger partial charge in [0.2, 0.25) is 0 Å². The predicted molar refractivity (Wildman–Crippen MR) is 64.7 cm³/mol. The van der Waals surface area contributed by atoms with Gasteiger partial charge in [-0.3, -0.25) is 4.79 Å². The molecular weight excluding hydrogens is 252 g/mol. The lowest BCUT2D eigenvalue weighted by Crippen LogP contribution is -2.12. The van der Waals surface area contributed by atoms with E-state index in [1.165, 1.54) is 5.56 Å². The first-order chi connectivity index (χ1) is 7.16. The molecule has 1 aromatic rings. The third kappa shape index (κ3) is 2.49. The van der Waals surface area contributed by atoms with E-state index in [2.05, 4.69) is 41.1 Å². The van der Waals surface area contributed by atoms with Crippen LogP contribution >= 0.6 is 15.9 Å². The van der Waals surface area contributed by atoms with Gasteiger partial charge in [-0.15, -0.1) is 0 Å². The van der Waals surface area contributed by atoms with Crippen LogP contribution in [-0.4, -0.2) is 5.78 Å². The van der Waals surface area contributed by atoms with Gasteiger partial charge < -0.3 is 0 Å². The van der Waals surface area contributed by atoms with Gasteiger partial charge in [0.25, 0.3) is 0 Å². The summed E-state index contributed by atoms with van der Waals surface area (Å²) in [4.78, 5) is 11.4. The van der Waals surface area contributed by atoms with E-state index < -0.39 is 0 Å². The van der Waals surface area contributed by atoms with Crippen LogP contribution in [0.25, 0.3) is 0 Å². The molecule has 0 spiro atoms. The number of carbonyl (C=O) groups is 1. The van der Waals surface area contributed by atoms with Crippen molar-refractivity contribution in [1.82, 2.24) is 0 Å². The first-order valence-corrected chi connectivity index (χ1v) is 6.23. The summed E-state index contributed by atoms with van der Waals surface area (Å²) in [6, 6.07) is 8.38. The molecule has 0 amide bonds. The van der Waals surface area contributed by atoms with Gasteiger partial charge in [0.1, 0.15) is 5.78 Å². The minimum atomic E-state index is 0.254. The first-order valence-electron chi connectivity index (χ1n) is 5.44. The van der Waals surface area contributed by atoms with E-state index in [0.717, 1.165) is 23.7 Å². The molecule has 1 aromatic carbocycles. The average molecular weight is 267 g/mol. The molecule has 80 valence electrons. The Labute approximate surface area is 99.0 Å². The van der Waals surface area contributed by atoms with Crippen LogP contribution in [0.3, 0.4) is 0 Å². The van der Waals surface area contributed by atoms with E-state index in [4.69, 9.17) is 0 Å². The maximum absolute atomic E-state index is 11.4. The van der Waals surface area contributed by atoms with Gasteiger partial charge in [-0.25, -0.2) is 0 Å². The van der Waals surface area contributed by atoms with Gasteiger partial charge in [-0.1, -0.05) is 35.0 Å². The van der Waals surface area contributed by atoms with Gasteiger partial charge in [0.05, 0.1) is 0 Å². The lowest BCUT2D eigenvalue weighted by atomic mass is 9.91. The topological polar surface area (TPSA) is 17.1 Å². The highest BCUT2D eigenvalue weighted by Gasteiger charge is 2.30. The Morgan fingerprint density at radius 3 is 2.87 bits per heavy atom. The summed E-state index contributed by atoms with van der Waals surface area (Å²) in [5, 5.41) is 0. The lowest BCUT2D eigenvalue weighted by Gasteiger charge is -2.13. The van der Waals surface area contributed by atoms with Crippen molar-refractivity contribution >= 4 is 21.7 Å². The van der Waals surface area contributed by atoms with Crippen LogP contribution in [0.15, 0.2) is 28.7 Å². The van der Waals surface area contributed by atoms with E-state index in [9.17, 15) is 4.79 Å². The monoisotopic (exact) mass is 266 g/mol. The molecule has 1 nitrogen and oxygen atoms in total. The molecule has 1 aliphatic rings. The number of halogens is 1. The second kappa shape index (κ2) is 4.48. The number of Topliss-reactive ketones (excluding diaryl/α,β-unsaturated/α-hetero) is 1. The fraction of sp³-hybridized carbons (Fsp3) is 0.462. The molecule has 1 aliphatic carbocycles. The van der Waals surface area contributed by atoms with E-state index in [1.54, 1.807) is 0 Å². The Morgan fingerprint density at radius 1 is 1.47 bits per heavy atom. The summed E-state index contributed by atoms with van der Waals surface area (Å²) in [5.41, 5.74) is 1.33. The van der Waals surface area contributed by atoms with Crippen LogP contribution in [0, 0.1) is 11.8 Å². The number of benzene rings is 1. The van der Waals surface area contributed by atoms with Crippen LogP contribution in [0.4, 0.5) is 0 Å². The van der Waals surface area contributed by atoms with Gasteiger partial charge in [0, 0.05) is 16.8 Å². The molecule has 1 fully saturated rings. The van der Waals surface area contributed by atoms with Crippen LogP contribution in [0.2, 0.25) is 0 Å². The highest BCUT2D eigenvalue weighted by atomic mass is 79.9. The van der Waals surface area contributed by atoms with Crippen molar-refractivity contribution in [3.63, 3.8) is 0 Å². The van der Waals surface area contributed by atoms with Crippen LogP contribution in [0.1, 0.15) is 25.3 Å². The summed E-state index contributed by atoms with van der Waals surface area (Å²) >= 11 is 3.47. The second-order valence-corrected chi connectivity index (χ2v) is 5.30. The Kier molecular flexibility index (Phi) is 3.25. The fourth-order valence-electron chi connectivity index (χ4n) is 2.31. The number of hydrogen-bond acceptors (Lipinski definition) is 1. The molecule has 0 radical (unpaired) electrons. The van der Waals surface area contributed by atoms with E-state index in [0.29, 0.717) is 11.7 Å². The third-order valence-electron chi connectivity index (χ3n) is 3.36. The van der Waals surface area contributed by atoms with Crippen molar-refractivity contribution in [2.24, 2.45) is 11.8 Å². The Morgan fingerprint density at radius 2 is 2.27 bits per heavy atom.